The number of esters is 2. The minimum atomic E-state index is -1.22. The van der Waals surface area contributed by atoms with Gasteiger partial charge in [0.2, 0.25) is 11.8 Å². The summed E-state index contributed by atoms with van der Waals surface area (Å²) >= 11 is 0. The highest BCUT2D eigenvalue weighted by Gasteiger charge is 2.40. The largest absolute Gasteiger partial charge is 0.593 e. The fraction of sp³-hybridized carbons (Fsp3) is 0.477. The topological polar surface area (TPSA) is 178 Å². The molecule has 0 radical (unpaired) electrons. The van der Waals surface area contributed by atoms with Crippen LogP contribution in [0.15, 0.2) is 72.8 Å². The molecule has 14 nitrogen and oxygen atoms in total. The predicted octanol–water partition coefficient (Wildman–Crippen LogP) is 3.72. The third-order valence-corrected chi connectivity index (χ3v) is 10.5. The number of phenolic OH excluding ortho intramolecular Hbond substituents is 1. The molecule has 3 aromatic rings. The number of benzene rings is 3. The Morgan fingerprint density at radius 1 is 0.690 bits per heavy atom. The van der Waals surface area contributed by atoms with Gasteiger partial charge in [0.15, 0.2) is 6.10 Å². The molecule has 0 fully saturated rings. The molecule has 14 heteroatoms. The third kappa shape index (κ3) is 12.7. The van der Waals surface area contributed by atoms with Gasteiger partial charge in [0.05, 0.1) is 14.2 Å². The second-order valence-corrected chi connectivity index (χ2v) is 15.2. The van der Waals surface area contributed by atoms with Crippen LogP contribution in [0.25, 0.3) is 0 Å². The van der Waals surface area contributed by atoms with Crippen LogP contribution in [0.3, 0.4) is 0 Å². The molecule has 0 aromatic heterocycles. The van der Waals surface area contributed by atoms with Crippen molar-refractivity contribution >= 4 is 29.7 Å². The Labute approximate surface area is 342 Å². The Bertz CT molecular complexity index is 1820. The maximum absolute atomic E-state index is 14.5. The molecule has 3 rings (SSSR count). The molecule has 0 heterocycles. The Hall–Kier alpha value is -5.63. The number of phenols is 1. The summed E-state index contributed by atoms with van der Waals surface area (Å²) in [5.41, 5.74) is 2.20. The van der Waals surface area contributed by atoms with Crippen molar-refractivity contribution < 1.29 is 48.4 Å². The Balaban J connectivity index is 1.92. The van der Waals surface area contributed by atoms with Gasteiger partial charge in [-0.25, -0.2) is 4.79 Å². The van der Waals surface area contributed by atoms with Crippen molar-refractivity contribution in [3.63, 3.8) is 0 Å². The van der Waals surface area contributed by atoms with E-state index in [1.54, 1.807) is 95.4 Å². The van der Waals surface area contributed by atoms with E-state index in [-0.39, 0.29) is 18.6 Å². The van der Waals surface area contributed by atoms with Gasteiger partial charge in [0, 0.05) is 45.0 Å². The lowest BCUT2D eigenvalue weighted by atomic mass is 9.96. The van der Waals surface area contributed by atoms with Gasteiger partial charge in [0.25, 0.3) is 11.7 Å². The Morgan fingerprint density at radius 2 is 1.17 bits per heavy atom. The van der Waals surface area contributed by atoms with E-state index in [0.29, 0.717) is 35.5 Å². The molecule has 0 bridgehead atoms. The number of hydrogen-bond donors (Lipinski definition) is 2. The minimum absolute atomic E-state index is 0.0130. The van der Waals surface area contributed by atoms with Crippen molar-refractivity contribution in [1.82, 2.24) is 20.0 Å². The zero-order valence-corrected chi connectivity index (χ0v) is 35.4. The van der Waals surface area contributed by atoms with Crippen LogP contribution in [0, 0.1) is 11.8 Å². The highest BCUT2D eigenvalue weighted by molar-refractivity contribution is 5.95. The van der Waals surface area contributed by atoms with Crippen molar-refractivity contribution in [2.45, 2.75) is 83.6 Å². The Kier molecular flexibility index (Phi) is 17.5. The highest BCUT2D eigenvalue weighted by Crippen LogP contribution is 2.22. The second kappa shape index (κ2) is 21.8. The fourth-order valence-electron chi connectivity index (χ4n) is 6.44. The van der Waals surface area contributed by atoms with Crippen molar-refractivity contribution in [2.75, 3.05) is 42.4 Å². The van der Waals surface area contributed by atoms with Crippen LogP contribution in [-0.4, -0.2) is 127 Å². The number of carbonyl (C=O) groups excluding carboxylic acids is 5. The summed E-state index contributed by atoms with van der Waals surface area (Å²) in [6.07, 6.45) is -0.295. The molecule has 58 heavy (non-hydrogen) atoms. The molecule has 3 amide bonds. The van der Waals surface area contributed by atoms with E-state index in [2.05, 4.69) is 5.32 Å². The summed E-state index contributed by atoms with van der Waals surface area (Å²) in [4.78, 5) is 74.3. The average molecular weight is 806 g/mol. The van der Waals surface area contributed by atoms with Crippen LogP contribution in [0.5, 0.6) is 17.2 Å². The van der Waals surface area contributed by atoms with Crippen LogP contribution < -0.4 is 10.1 Å². The van der Waals surface area contributed by atoms with E-state index >= 15 is 0 Å². The van der Waals surface area contributed by atoms with Gasteiger partial charge in [-0.15, -0.1) is 0 Å². The molecule has 0 saturated heterocycles. The molecule has 0 aliphatic heterocycles. The zero-order valence-electron chi connectivity index (χ0n) is 35.4. The molecule has 0 aliphatic rings. The molecule has 4 N–H and O–H groups in total. The molecule has 3 aromatic carbocycles. The smallest absolute Gasteiger partial charge is 0.328 e. The van der Waals surface area contributed by atoms with Gasteiger partial charge in [0.1, 0.15) is 35.7 Å². The molecular formula is C44H61N4O10+. The SMILES string of the molecule is CC[C@H](C)[C@@H](OC(=O)[C@@H](Cc1ccc(OC)cc1)N(C)C)C(=O)N[C@H](C(=O)N(C)[C@H](Cc1ccc(O)cc1)C(=O)N(C)[C@@H](Cc1ccc([OH2+])cc1)C(=O)OC)C(C)C. The summed E-state index contributed by atoms with van der Waals surface area (Å²) in [6.45, 7) is 7.19. The van der Waals surface area contributed by atoms with Crippen LogP contribution >= 0.6 is 0 Å². The lowest BCUT2D eigenvalue weighted by Gasteiger charge is -2.36. The van der Waals surface area contributed by atoms with Gasteiger partial charge >= 0.3 is 11.9 Å². The van der Waals surface area contributed by atoms with E-state index < -0.39 is 71.8 Å². The van der Waals surface area contributed by atoms with Crippen LogP contribution in [-0.2, 0) is 52.7 Å². The zero-order chi connectivity index (χ0) is 43.3. The lowest BCUT2D eigenvalue weighted by Crippen LogP contribution is -2.59. The first-order valence-electron chi connectivity index (χ1n) is 19.4. The molecule has 0 aliphatic carbocycles. The number of hydrogen-bond acceptors (Lipinski definition) is 10. The van der Waals surface area contributed by atoms with E-state index in [4.69, 9.17) is 19.3 Å². The van der Waals surface area contributed by atoms with Gasteiger partial charge in [-0.3, -0.25) is 24.1 Å². The number of amides is 3. The first kappa shape index (κ1) is 46.8. The monoisotopic (exact) mass is 805 g/mol. The van der Waals surface area contributed by atoms with Crippen LogP contribution in [0.2, 0.25) is 0 Å². The van der Waals surface area contributed by atoms with E-state index in [0.717, 1.165) is 5.56 Å². The summed E-state index contributed by atoms with van der Waals surface area (Å²) in [6, 6.07) is 16.0. The quantitative estimate of drug-likeness (QED) is 0.126. The summed E-state index contributed by atoms with van der Waals surface area (Å²) in [5, 5.41) is 20.6. The normalized spacial score (nSPS) is 14.3. The van der Waals surface area contributed by atoms with Crippen molar-refractivity contribution in [2.24, 2.45) is 11.8 Å². The number of methoxy groups -OCH3 is 2. The van der Waals surface area contributed by atoms with E-state index in [1.807, 2.05) is 19.1 Å². The number of nitrogens with one attached hydrogen (secondary N) is 1. The van der Waals surface area contributed by atoms with Crippen molar-refractivity contribution in [3.8, 4) is 17.2 Å². The van der Waals surface area contributed by atoms with Gasteiger partial charge in [-0.05, 0) is 85.9 Å². The summed E-state index contributed by atoms with van der Waals surface area (Å²) in [7, 11) is 9.25. The molecule has 6 atom stereocenters. The van der Waals surface area contributed by atoms with Gasteiger partial charge in [-0.2, -0.15) is 0 Å². The molecule has 316 valence electrons. The first-order valence-corrected chi connectivity index (χ1v) is 19.4. The average Bonchev–Trinajstić information content (AvgIpc) is 3.21. The number of likely N-dealkylation sites (N-methyl/N-ethyl adjacent to an activating group) is 3. The standard InChI is InChI=1S/C44H60N4O10/c1-11-28(4)39(58-44(55)36(46(5)6)25-31-16-22-34(56-9)23-17-31)40(51)45-38(27(2)3)42(53)47(7)35(24-29-12-18-32(49)19-13-29)41(52)48(8)37(43(54)57-10)26-30-14-20-33(50)21-15-30/h12-23,27-28,35-39,49-50H,11,24-26H2,1-10H3,(H,45,51)/p+1/t28-,35+,36+,37-,38-,39+/m0/s1. The number of rotatable bonds is 20. The van der Waals surface area contributed by atoms with Crippen molar-refractivity contribution in [1.29, 1.82) is 0 Å². The second-order valence-electron chi connectivity index (χ2n) is 15.2. The molecule has 0 spiro atoms. The number of nitrogens with zero attached hydrogens (tertiary/aromatic N) is 3. The van der Waals surface area contributed by atoms with E-state index in [9.17, 15) is 29.1 Å². The van der Waals surface area contributed by atoms with Crippen LogP contribution in [0.1, 0.15) is 50.8 Å². The summed E-state index contributed by atoms with van der Waals surface area (Å²) in [5.74, 6) is -2.91. The fourth-order valence-corrected chi connectivity index (χ4v) is 6.44. The van der Waals surface area contributed by atoms with E-state index in [1.165, 1.54) is 43.1 Å². The minimum Gasteiger partial charge on any atom is -0.593 e. The molecule has 0 unspecified atom stereocenters. The highest BCUT2D eigenvalue weighted by atomic mass is 16.6. The number of aromatic hydroxyl groups is 1. The molecule has 0 saturated carbocycles. The lowest BCUT2D eigenvalue weighted by molar-refractivity contribution is -0.164. The van der Waals surface area contributed by atoms with Crippen molar-refractivity contribution in [3.05, 3.63) is 89.5 Å². The summed E-state index contributed by atoms with van der Waals surface area (Å²) < 4.78 is 16.3. The molecular weight excluding hydrogens is 745 g/mol. The maximum atomic E-state index is 14.5. The maximum Gasteiger partial charge on any atom is 0.328 e. The van der Waals surface area contributed by atoms with Gasteiger partial charge in [-0.1, -0.05) is 52.0 Å². The van der Waals surface area contributed by atoms with Crippen LogP contribution in [0.4, 0.5) is 0 Å². The number of carbonyl (C=O) groups is 5. The first-order chi connectivity index (χ1) is 27.4. The Morgan fingerprint density at radius 3 is 1.66 bits per heavy atom. The van der Waals surface area contributed by atoms with Gasteiger partial charge < -0.3 is 39.5 Å². The third-order valence-electron chi connectivity index (χ3n) is 10.5. The number of ether oxygens (including phenoxy) is 3. The predicted molar refractivity (Wildman–Crippen MR) is 220 cm³/mol.